The lowest BCUT2D eigenvalue weighted by atomic mass is 9.72. The van der Waals surface area contributed by atoms with E-state index in [1.54, 1.807) is 26.4 Å². The second-order valence-electron chi connectivity index (χ2n) is 18.7. The average molecular weight is 857 g/mol. The lowest BCUT2D eigenvalue weighted by molar-refractivity contribution is -0.0493. The number of benzene rings is 4. The highest BCUT2D eigenvalue weighted by atomic mass is 16.5. The number of piperidine rings is 6. The molecule has 1 aliphatic carbocycles. The van der Waals surface area contributed by atoms with E-state index in [-0.39, 0.29) is 34.8 Å². The van der Waals surface area contributed by atoms with Crippen LogP contribution >= 0.6 is 0 Å². The Balaban J connectivity index is 1.07. The first-order valence-corrected chi connectivity index (χ1v) is 23.4. The van der Waals surface area contributed by atoms with Crippen molar-refractivity contribution < 1.29 is 28.5 Å². The monoisotopic (exact) mass is 856 g/mol. The number of rotatable bonds is 12. The third-order valence-electron chi connectivity index (χ3n) is 15.7. The zero-order chi connectivity index (χ0) is 43.6. The Hall–Kier alpha value is -5.84. The number of ketones is 2. The number of aromatic nitrogens is 2. The van der Waals surface area contributed by atoms with Crippen molar-refractivity contribution in [1.82, 2.24) is 19.8 Å². The van der Waals surface area contributed by atoms with Crippen LogP contribution in [0.3, 0.4) is 0 Å². The maximum atomic E-state index is 15.1. The minimum Gasteiger partial charge on any atom is -0.497 e. The molecule has 4 bridgehead atoms. The van der Waals surface area contributed by atoms with Crippen molar-refractivity contribution >= 4 is 33.4 Å². The largest absolute Gasteiger partial charge is 0.497 e. The number of hydrogen-bond acceptors (Lipinski definition) is 10. The zero-order valence-corrected chi connectivity index (χ0v) is 37.2. The predicted molar refractivity (Wildman–Crippen MR) is 247 cm³/mol. The summed E-state index contributed by atoms with van der Waals surface area (Å²) in [4.78, 5) is 45.0. The van der Waals surface area contributed by atoms with Gasteiger partial charge in [-0.1, -0.05) is 51.0 Å². The van der Waals surface area contributed by atoms with Crippen molar-refractivity contribution in [3.8, 4) is 23.0 Å². The van der Waals surface area contributed by atoms with Gasteiger partial charge in [0.05, 0.1) is 48.5 Å². The fourth-order valence-electron chi connectivity index (χ4n) is 12.3. The van der Waals surface area contributed by atoms with Gasteiger partial charge in [0.15, 0.2) is 11.6 Å². The smallest absolute Gasteiger partial charge is 0.198 e. The minimum atomic E-state index is -0.475. The molecule has 2 aromatic heterocycles. The van der Waals surface area contributed by atoms with E-state index >= 15 is 9.59 Å². The highest BCUT2D eigenvalue weighted by Gasteiger charge is 2.47. The summed E-state index contributed by atoms with van der Waals surface area (Å²) in [6.45, 7) is 8.58. The molecule has 6 aromatic rings. The SMILES string of the molecule is CCC1CN2CCC1C[C@@H]2[C@@H](Oc1ccc(O[C@@H](c2ccnc3ccc(OC)cc23)[C@H]2CC3CCN2CC3CC)c2c1C(=O)c1ccccc1C2=O)c1ccnc2ccc(OC)cc12. The number of pyridine rings is 2. The lowest BCUT2D eigenvalue weighted by Crippen LogP contribution is -2.56. The summed E-state index contributed by atoms with van der Waals surface area (Å²) >= 11 is 0. The molecule has 0 saturated carbocycles. The fourth-order valence-corrected chi connectivity index (χ4v) is 12.3. The number of ether oxygens (including phenoxy) is 4. The maximum Gasteiger partial charge on any atom is 0.198 e. The number of carbonyl (C=O) groups is 2. The van der Waals surface area contributed by atoms with Crippen LogP contribution in [0.15, 0.2) is 97.3 Å². The molecule has 328 valence electrons. The van der Waals surface area contributed by atoms with Crippen molar-refractivity contribution in [1.29, 1.82) is 0 Å². The second kappa shape index (κ2) is 16.6. The Morgan fingerprint density at radius 1 is 0.609 bits per heavy atom. The van der Waals surface area contributed by atoms with Gasteiger partial charge in [-0.25, -0.2) is 0 Å². The Morgan fingerprint density at radius 3 is 1.45 bits per heavy atom. The Bertz CT molecular complexity index is 2600. The number of nitrogens with zero attached hydrogens (tertiary/aromatic N) is 4. The van der Waals surface area contributed by atoms with Crippen molar-refractivity contribution in [2.45, 2.75) is 76.7 Å². The molecule has 10 nitrogen and oxygen atoms in total. The van der Waals surface area contributed by atoms with Crippen LogP contribution in [0.25, 0.3) is 21.8 Å². The van der Waals surface area contributed by atoms with Gasteiger partial charge in [-0.2, -0.15) is 0 Å². The molecule has 64 heavy (non-hydrogen) atoms. The van der Waals surface area contributed by atoms with Gasteiger partial charge < -0.3 is 18.9 Å². The van der Waals surface area contributed by atoms with E-state index in [2.05, 4.69) is 23.6 Å². The average Bonchev–Trinajstić information content (AvgIpc) is 3.36. The van der Waals surface area contributed by atoms with E-state index in [4.69, 9.17) is 28.9 Å². The summed E-state index contributed by atoms with van der Waals surface area (Å²) in [7, 11) is 3.35. The highest BCUT2D eigenvalue weighted by Crippen LogP contribution is 2.49. The molecule has 0 radical (unpaired) electrons. The molecule has 4 aromatic carbocycles. The summed E-state index contributed by atoms with van der Waals surface area (Å²) in [5, 5.41) is 1.88. The van der Waals surface area contributed by atoms with Crippen LogP contribution < -0.4 is 18.9 Å². The van der Waals surface area contributed by atoms with Crippen molar-refractivity contribution in [3.63, 3.8) is 0 Å². The summed E-state index contributed by atoms with van der Waals surface area (Å²) < 4.78 is 26.3. The van der Waals surface area contributed by atoms with Gasteiger partial charge in [-0.3, -0.25) is 29.4 Å². The molecule has 10 atom stereocenters. The number of hydrogen-bond donors (Lipinski definition) is 0. The Labute approximate surface area is 374 Å². The van der Waals surface area contributed by atoms with E-state index in [0.717, 1.165) is 109 Å². The molecule has 6 unspecified atom stereocenters. The van der Waals surface area contributed by atoms with Crippen molar-refractivity contribution in [2.24, 2.45) is 23.7 Å². The van der Waals surface area contributed by atoms with Gasteiger partial charge >= 0.3 is 0 Å². The van der Waals surface area contributed by atoms with E-state index in [0.29, 0.717) is 46.3 Å². The Morgan fingerprint density at radius 2 is 1.06 bits per heavy atom. The van der Waals surface area contributed by atoms with Crippen LogP contribution in [0.2, 0.25) is 0 Å². The molecule has 10 heteroatoms. The molecular formula is C54H56N4O6. The molecule has 0 N–H and O–H groups in total. The summed E-state index contributed by atoms with van der Waals surface area (Å²) in [6, 6.07) is 27.0. The molecule has 6 saturated heterocycles. The summed E-state index contributed by atoms with van der Waals surface area (Å²) in [5.41, 5.74) is 4.87. The van der Waals surface area contributed by atoms with Crippen molar-refractivity contribution in [3.05, 3.63) is 131 Å². The molecule has 6 fully saturated rings. The minimum absolute atomic E-state index is 0.0377. The predicted octanol–water partition coefficient (Wildman–Crippen LogP) is 10.1. The molecule has 13 rings (SSSR count). The first-order chi connectivity index (χ1) is 31.3. The van der Waals surface area contributed by atoms with Gasteiger partial charge in [-0.15, -0.1) is 0 Å². The zero-order valence-electron chi connectivity index (χ0n) is 37.2. The standard InChI is InChI=1S/C54H56N4O6/c1-5-31-29-57-23-19-33(31)25-45(57)53(39-17-21-55-43-13-11-35(61-3)27-41(39)43)63-47-15-16-48(50-49(47)51(59)37-9-7-8-10-38(37)52(50)60)64-54(46-26-34-20-24-58(46)30-32(34)6-2)40-18-22-56-44-14-12-36(62-4)28-42(40)44/h7-18,21-22,27-28,31-34,45-46,53-54H,5-6,19-20,23-26,29-30H2,1-4H3/t31?,32?,33?,34?,45-,46-,53+,54+/m1/s1. The van der Waals surface area contributed by atoms with Crippen LogP contribution in [-0.4, -0.2) is 83.8 Å². The van der Waals surface area contributed by atoms with Crippen LogP contribution in [0.1, 0.15) is 108 Å². The molecule has 0 spiro atoms. The topological polar surface area (TPSA) is 103 Å². The van der Waals surface area contributed by atoms with Gasteiger partial charge in [0, 0.05) is 58.5 Å². The number of methoxy groups -OCH3 is 2. The van der Waals surface area contributed by atoms with Gasteiger partial charge in [0.2, 0.25) is 0 Å². The van der Waals surface area contributed by atoms with E-state index in [1.165, 1.54) is 0 Å². The first-order valence-electron chi connectivity index (χ1n) is 23.4. The molecule has 0 amide bonds. The second-order valence-corrected chi connectivity index (χ2v) is 18.7. The van der Waals surface area contributed by atoms with Crippen LogP contribution in [-0.2, 0) is 0 Å². The van der Waals surface area contributed by atoms with Gasteiger partial charge in [0.25, 0.3) is 0 Å². The summed E-state index contributed by atoms with van der Waals surface area (Å²) in [6.07, 6.45) is 9.30. The normalized spacial score (nSPS) is 26.6. The lowest BCUT2D eigenvalue weighted by Gasteiger charge is -2.52. The van der Waals surface area contributed by atoms with Crippen molar-refractivity contribution in [2.75, 3.05) is 40.4 Å². The Kier molecular flexibility index (Phi) is 10.6. The van der Waals surface area contributed by atoms with Crippen LogP contribution in [0.4, 0.5) is 0 Å². The van der Waals surface area contributed by atoms with Gasteiger partial charge in [0.1, 0.15) is 35.2 Å². The van der Waals surface area contributed by atoms with E-state index < -0.39 is 12.2 Å². The van der Waals surface area contributed by atoms with Gasteiger partial charge in [-0.05, 0) is 123 Å². The quantitative estimate of drug-likeness (QED) is 0.118. The first kappa shape index (κ1) is 40.9. The van der Waals surface area contributed by atoms with E-state index in [9.17, 15) is 0 Å². The third kappa shape index (κ3) is 6.83. The molecular weight excluding hydrogens is 801 g/mol. The highest BCUT2D eigenvalue weighted by molar-refractivity contribution is 6.30. The summed E-state index contributed by atoms with van der Waals surface area (Å²) in [5.74, 6) is 4.15. The van der Waals surface area contributed by atoms with Crippen LogP contribution in [0, 0.1) is 23.7 Å². The van der Waals surface area contributed by atoms with E-state index in [1.807, 2.05) is 85.2 Å². The number of fused-ring (bicyclic) bond motifs is 10. The molecule has 6 aliphatic heterocycles. The maximum absolute atomic E-state index is 15.1. The van der Waals surface area contributed by atoms with Crippen LogP contribution in [0.5, 0.6) is 23.0 Å². The number of carbonyl (C=O) groups excluding carboxylic acids is 2. The third-order valence-corrected chi connectivity index (χ3v) is 15.7. The fraction of sp³-hybridized carbons (Fsp3) is 0.407. The molecule has 7 aliphatic rings. The molecule has 8 heterocycles.